The molecule has 0 saturated carbocycles. The minimum Gasteiger partial charge on any atom is -0.462 e. The van der Waals surface area contributed by atoms with Gasteiger partial charge in [0.15, 0.2) is 6.10 Å². The summed E-state index contributed by atoms with van der Waals surface area (Å²) in [6.45, 7) is 3.29. The van der Waals surface area contributed by atoms with Crippen LogP contribution in [0.4, 0.5) is 0 Å². The van der Waals surface area contributed by atoms with Gasteiger partial charge in [0, 0.05) is 12.8 Å². The van der Waals surface area contributed by atoms with E-state index in [0.717, 1.165) is 38.5 Å². The Labute approximate surface area is 299 Å². The van der Waals surface area contributed by atoms with Gasteiger partial charge in [0.25, 0.3) is 0 Å². The van der Waals surface area contributed by atoms with Gasteiger partial charge in [-0.2, -0.15) is 0 Å². The van der Waals surface area contributed by atoms with Crippen LogP contribution in [0.2, 0.25) is 0 Å². The molecular weight excluding hydrogens is 647 g/mol. The number of aliphatic hydroxyl groups is 1. The summed E-state index contributed by atoms with van der Waals surface area (Å²) in [5.41, 5.74) is 0. The maximum absolute atomic E-state index is 12.5. The molecule has 0 aromatic rings. The molecule has 11 heteroatoms. The number of phosphoric acid groups is 1. The zero-order valence-electron chi connectivity index (χ0n) is 31.4. The molecule has 0 radical (unpaired) electrons. The zero-order valence-corrected chi connectivity index (χ0v) is 32.3. The molecule has 0 spiro atoms. The van der Waals surface area contributed by atoms with Crippen LogP contribution in [0, 0.1) is 0 Å². The lowest BCUT2D eigenvalue weighted by atomic mass is 10.0. The quantitative estimate of drug-likeness (QED) is 0.0319. The molecule has 1 unspecified atom stereocenters. The van der Waals surface area contributed by atoms with E-state index >= 15 is 0 Å². The number of unbranched alkanes of at least 4 members (excludes halogenated alkanes) is 24. The Morgan fingerprint density at radius 3 is 1.27 bits per heavy atom. The fourth-order valence-corrected chi connectivity index (χ4v) is 6.13. The SMILES string of the molecule is CCCCCCCCCCCCCCCC(=O)OC[C@H](COCC(O)COP(=O)(O)O)OC(=O)CCCCCCCCCCCCCCC. The van der Waals surface area contributed by atoms with Crippen molar-refractivity contribution >= 4 is 19.8 Å². The third-order valence-electron chi connectivity index (χ3n) is 8.75. The van der Waals surface area contributed by atoms with E-state index in [1.54, 1.807) is 0 Å². The molecule has 2 atom stereocenters. The van der Waals surface area contributed by atoms with E-state index in [4.69, 9.17) is 24.0 Å². The van der Waals surface area contributed by atoms with E-state index in [9.17, 15) is 19.3 Å². The highest BCUT2D eigenvalue weighted by Gasteiger charge is 2.20. The first-order valence-corrected chi connectivity index (χ1v) is 21.5. The molecule has 0 fully saturated rings. The Morgan fingerprint density at radius 1 is 0.510 bits per heavy atom. The Hall–Kier alpha value is -1.03. The van der Waals surface area contributed by atoms with Gasteiger partial charge in [-0.1, -0.05) is 168 Å². The van der Waals surface area contributed by atoms with Crippen molar-refractivity contribution in [1.82, 2.24) is 0 Å². The summed E-state index contributed by atoms with van der Waals surface area (Å²) >= 11 is 0. The van der Waals surface area contributed by atoms with Gasteiger partial charge in [-0.3, -0.25) is 14.1 Å². The average Bonchev–Trinajstić information content (AvgIpc) is 3.06. The van der Waals surface area contributed by atoms with Crippen molar-refractivity contribution in [2.45, 2.75) is 206 Å². The highest BCUT2D eigenvalue weighted by Crippen LogP contribution is 2.35. The molecule has 292 valence electrons. The van der Waals surface area contributed by atoms with E-state index in [1.807, 2.05) is 0 Å². The van der Waals surface area contributed by atoms with Crippen molar-refractivity contribution < 1.29 is 47.8 Å². The van der Waals surface area contributed by atoms with Gasteiger partial charge >= 0.3 is 19.8 Å². The van der Waals surface area contributed by atoms with Crippen LogP contribution < -0.4 is 0 Å². The van der Waals surface area contributed by atoms with Gasteiger partial charge in [0.2, 0.25) is 0 Å². The topological polar surface area (TPSA) is 149 Å². The maximum Gasteiger partial charge on any atom is 0.469 e. The molecule has 0 heterocycles. The molecule has 0 aliphatic heterocycles. The monoisotopic (exact) mass is 723 g/mol. The lowest BCUT2D eigenvalue weighted by molar-refractivity contribution is -0.163. The number of rotatable bonds is 38. The van der Waals surface area contributed by atoms with Crippen molar-refractivity contribution in [2.75, 3.05) is 26.4 Å². The Balaban J connectivity index is 4.23. The average molecular weight is 723 g/mol. The van der Waals surface area contributed by atoms with Crippen LogP contribution in [-0.2, 0) is 32.9 Å². The summed E-state index contributed by atoms with van der Waals surface area (Å²) in [6, 6.07) is 0. The minimum absolute atomic E-state index is 0.136. The van der Waals surface area contributed by atoms with Gasteiger partial charge in [-0.15, -0.1) is 0 Å². The second-order valence-corrected chi connectivity index (χ2v) is 15.0. The zero-order chi connectivity index (χ0) is 36.3. The summed E-state index contributed by atoms with van der Waals surface area (Å²) in [5.74, 6) is -0.745. The van der Waals surface area contributed by atoms with Crippen LogP contribution in [0.3, 0.4) is 0 Å². The van der Waals surface area contributed by atoms with Gasteiger partial charge in [-0.05, 0) is 12.8 Å². The third-order valence-corrected chi connectivity index (χ3v) is 9.23. The molecule has 0 aliphatic carbocycles. The summed E-state index contributed by atoms with van der Waals surface area (Å²) in [4.78, 5) is 42.5. The van der Waals surface area contributed by atoms with Crippen LogP contribution in [0.15, 0.2) is 0 Å². The van der Waals surface area contributed by atoms with Crippen LogP contribution in [-0.4, -0.2) is 65.5 Å². The molecule has 0 saturated heterocycles. The molecule has 3 N–H and O–H groups in total. The van der Waals surface area contributed by atoms with E-state index < -0.39 is 32.6 Å². The third kappa shape index (κ3) is 38.0. The molecule has 0 aromatic carbocycles. The molecule has 0 amide bonds. The van der Waals surface area contributed by atoms with Crippen molar-refractivity contribution in [3.63, 3.8) is 0 Å². The highest BCUT2D eigenvalue weighted by atomic mass is 31.2. The number of aliphatic hydroxyl groups excluding tert-OH is 1. The predicted molar refractivity (Wildman–Crippen MR) is 196 cm³/mol. The molecule has 0 aromatic heterocycles. The van der Waals surface area contributed by atoms with E-state index in [2.05, 4.69) is 18.4 Å². The largest absolute Gasteiger partial charge is 0.469 e. The number of carbonyl (C=O) groups excluding carboxylic acids is 2. The number of hydrogen-bond acceptors (Lipinski definition) is 8. The molecule has 0 bridgehead atoms. The number of esters is 2. The van der Waals surface area contributed by atoms with Crippen molar-refractivity contribution in [3.8, 4) is 0 Å². The molecule has 49 heavy (non-hydrogen) atoms. The van der Waals surface area contributed by atoms with Gasteiger partial charge in [0.05, 0.1) is 19.8 Å². The van der Waals surface area contributed by atoms with Crippen LogP contribution in [0.5, 0.6) is 0 Å². The van der Waals surface area contributed by atoms with Gasteiger partial charge in [0.1, 0.15) is 12.7 Å². The van der Waals surface area contributed by atoms with Crippen LogP contribution in [0.25, 0.3) is 0 Å². The van der Waals surface area contributed by atoms with Crippen molar-refractivity contribution in [3.05, 3.63) is 0 Å². The molecular formula is C38H75O10P. The smallest absolute Gasteiger partial charge is 0.462 e. The van der Waals surface area contributed by atoms with Crippen molar-refractivity contribution in [1.29, 1.82) is 0 Å². The minimum atomic E-state index is -4.71. The first-order valence-electron chi connectivity index (χ1n) is 20.0. The van der Waals surface area contributed by atoms with Crippen LogP contribution >= 0.6 is 7.82 Å². The fourth-order valence-electron chi connectivity index (χ4n) is 5.76. The second kappa shape index (κ2) is 35.4. The van der Waals surface area contributed by atoms with E-state index in [1.165, 1.54) is 128 Å². The lowest BCUT2D eigenvalue weighted by Crippen LogP contribution is -2.32. The predicted octanol–water partition coefficient (Wildman–Crippen LogP) is 9.89. The summed E-state index contributed by atoms with van der Waals surface area (Å²) in [7, 11) is -4.71. The Bertz CT molecular complexity index is 790. The number of ether oxygens (including phenoxy) is 3. The summed E-state index contributed by atoms with van der Waals surface area (Å²) < 4.78 is 31.5. The first-order chi connectivity index (χ1) is 23.7. The molecule has 0 aliphatic rings. The standard InChI is InChI=1S/C38H75O10P/c1-3-5-7-9-11-13-15-17-19-21-23-25-27-29-37(40)46-34-36(33-45-31-35(39)32-47-49(42,43)44)48-38(41)30-28-26-24-22-20-18-16-14-12-10-8-6-4-2/h35-36,39H,3-34H2,1-2H3,(H2,42,43,44)/t35?,36-/m0/s1. The van der Waals surface area contributed by atoms with E-state index in [0.29, 0.717) is 6.42 Å². The lowest BCUT2D eigenvalue weighted by Gasteiger charge is -2.19. The fraction of sp³-hybridized carbons (Fsp3) is 0.947. The Kier molecular flexibility index (Phi) is 34.6. The van der Waals surface area contributed by atoms with Crippen molar-refractivity contribution in [2.24, 2.45) is 0 Å². The highest BCUT2D eigenvalue weighted by molar-refractivity contribution is 7.46. The number of hydrogen-bond donors (Lipinski definition) is 3. The molecule has 0 rings (SSSR count). The summed E-state index contributed by atoms with van der Waals surface area (Å²) in [6.07, 6.45) is 30.1. The van der Waals surface area contributed by atoms with E-state index in [-0.39, 0.29) is 32.2 Å². The van der Waals surface area contributed by atoms with Crippen LogP contribution in [0.1, 0.15) is 194 Å². The number of phosphoric ester groups is 1. The second-order valence-electron chi connectivity index (χ2n) is 13.8. The summed E-state index contributed by atoms with van der Waals surface area (Å²) in [5, 5.41) is 9.87. The normalized spacial score (nSPS) is 13.0. The molecule has 10 nitrogen and oxygen atoms in total. The Morgan fingerprint density at radius 2 is 0.878 bits per heavy atom. The number of carbonyl (C=O) groups is 2. The van der Waals surface area contributed by atoms with Gasteiger partial charge < -0.3 is 29.1 Å². The van der Waals surface area contributed by atoms with Gasteiger partial charge in [-0.25, -0.2) is 4.57 Å². The maximum atomic E-state index is 12.5. The first kappa shape index (κ1) is 48.0.